The van der Waals surface area contributed by atoms with Gasteiger partial charge in [0.25, 0.3) is 0 Å². The fourth-order valence-electron chi connectivity index (χ4n) is 2.99. The summed E-state index contributed by atoms with van der Waals surface area (Å²) in [6, 6.07) is 7.61. The Kier molecular flexibility index (Phi) is 7.58. The van der Waals surface area contributed by atoms with Gasteiger partial charge < -0.3 is 20.1 Å². The molecule has 0 saturated heterocycles. The zero-order valence-electron chi connectivity index (χ0n) is 17.7. The van der Waals surface area contributed by atoms with E-state index in [4.69, 9.17) is 21.1 Å². The van der Waals surface area contributed by atoms with E-state index in [-0.39, 0.29) is 28.2 Å². The first kappa shape index (κ1) is 24.2. The average molecular weight is 499 g/mol. The van der Waals surface area contributed by atoms with Crippen LogP contribution < -0.4 is 20.1 Å². The van der Waals surface area contributed by atoms with Crippen LogP contribution in [0.1, 0.15) is 13.3 Å². The van der Waals surface area contributed by atoms with Crippen molar-refractivity contribution in [2.45, 2.75) is 23.1 Å². The second-order valence-corrected chi connectivity index (χ2v) is 10.7. The Balaban J connectivity index is 1.71. The third kappa shape index (κ3) is 5.48. The number of thioether (sulfide) groups is 1. The molecule has 2 aromatic rings. The van der Waals surface area contributed by atoms with Crippen molar-refractivity contribution >= 4 is 56.4 Å². The van der Waals surface area contributed by atoms with Crippen LogP contribution in [0, 0.1) is 5.92 Å². The number of carbonyl (C=O) groups excluding carboxylic acids is 2. The Morgan fingerprint density at radius 3 is 2.62 bits per heavy atom. The number of hydrogen-bond donors (Lipinski definition) is 2. The van der Waals surface area contributed by atoms with Gasteiger partial charge in [-0.1, -0.05) is 18.5 Å². The van der Waals surface area contributed by atoms with Gasteiger partial charge in [-0.15, -0.1) is 11.8 Å². The molecule has 172 valence electrons. The smallest absolute Gasteiger partial charge is 0.228 e. The van der Waals surface area contributed by atoms with E-state index in [1.54, 1.807) is 6.07 Å². The van der Waals surface area contributed by atoms with Crippen molar-refractivity contribution in [2.24, 2.45) is 5.92 Å². The summed E-state index contributed by atoms with van der Waals surface area (Å²) < 4.78 is 36.0. The number of fused-ring (bicyclic) bond motifs is 1. The molecule has 1 heterocycles. The van der Waals surface area contributed by atoms with Gasteiger partial charge in [-0.2, -0.15) is 0 Å². The monoisotopic (exact) mass is 498 g/mol. The molecular weight excluding hydrogens is 476 g/mol. The molecule has 0 saturated carbocycles. The second-order valence-electron chi connectivity index (χ2n) is 7.16. The van der Waals surface area contributed by atoms with Crippen LogP contribution in [0.15, 0.2) is 40.1 Å². The third-order valence-corrected chi connectivity index (χ3v) is 8.19. The number of ether oxygens (including phenoxy) is 2. The molecule has 2 amide bonds. The Hall–Kier alpha value is -2.43. The van der Waals surface area contributed by atoms with Crippen molar-refractivity contribution in [3.05, 3.63) is 35.4 Å². The predicted octanol–water partition coefficient (Wildman–Crippen LogP) is 3.84. The van der Waals surface area contributed by atoms with Gasteiger partial charge in [-0.3, -0.25) is 9.59 Å². The molecule has 0 spiro atoms. The van der Waals surface area contributed by atoms with Crippen molar-refractivity contribution in [1.29, 1.82) is 0 Å². The standard InChI is InChI=1S/C21H23ClN2O6S2/c1-12-11-31-19-5-4-13(8-16(19)24-21(12)26)32(27,28)7-6-20(25)23-15-9-14(22)17(29-2)10-18(15)30-3/h4-5,8-10,12H,6-7,11H2,1-3H3,(H,23,25)(H,24,26). The molecule has 0 aliphatic carbocycles. The van der Waals surface area contributed by atoms with Crippen LogP contribution in [0.3, 0.4) is 0 Å². The lowest BCUT2D eigenvalue weighted by atomic mass is 10.2. The third-order valence-electron chi connectivity index (χ3n) is 4.85. The highest BCUT2D eigenvalue weighted by Gasteiger charge is 2.23. The normalized spacial score (nSPS) is 15.9. The number of amides is 2. The minimum absolute atomic E-state index is 0.0459. The van der Waals surface area contributed by atoms with Gasteiger partial charge in [-0.05, 0) is 24.3 Å². The number of sulfone groups is 1. The maximum absolute atomic E-state index is 12.8. The number of methoxy groups -OCH3 is 2. The molecule has 2 N–H and O–H groups in total. The summed E-state index contributed by atoms with van der Waals surface area (Å²) in [7, 11) is -0.872. The summed E-state index contributed by atoms with van der Waals surface area (Å²) >= 11 is 7.59. The molecular formula is C21H23ClN2O6S2. The molecule has 1 aliphatic heterocycles. The van der Waals surface area contributed by atoms with E-state index in [2.05, 4.69) is 10.6 Å². The lowest BCUT2D eigenvalue weighted by molar-refractivity contribution is -0.118. The van der Waals surface area contributed by atoms with Crippen LogP contribution in [0.25, 0.3) is 0 Å². The quantitative estimate of drug-likeness (QED) is 0.596. The number of benzene rings is 2. The van der Waals surface area contributed by atoms with Crippen LogP contribution in [-0.4, -0.2) is 46.0 Å². The van der Waals surface area contributed by atoms with Crippen LogP contribution in [0.5, 0.6) is 11.5 Å². The van der Waals surface area contributed by atoms with Crippen molar-refractivity contribution in [3.8, 4) is 11.5 Å². The summed E-state index contributed by atoms with van der Waals surface area (Å²) in [6.45, 7) is 1.81. The van der Waals surface area contributed by atoms with Crippen LogP contribution in [0.2, 0.25) is 5.02 Å². The Bertz CT molecular complexity index is 1150. The van der Waals surface area contributed by atoms with Gasteiger partial charge in [0, 0.05) is 29.1 Å². The predicted molar refractivity (Wildman–Crippen MR) is 125 cm³/mol. The number of rotatable bonds is 7. The number of hydrogen-bond acceptors (Lipinski definition) is 7. The SMILES string of the molecule is COc1cc(OC)c(NC(=O)CCS(=O)(=O)c2ccc3c(c2)NC(=O)C(C)CS3)cc1Cl. The first-order valence-corrected chi connectivity index (χ1v) is 12.7. The molecule has 0 aromatic heterocycles. The first-order chi connectivity index (χ1) is 15.1. The van der Waals surface area contributed by atoms with Gasteiger partial charge >= 0.3 is 0 Å². The zero-order valence-corrected chi connectivity index (χ0v) is 20.1. The molecule has 32 heavy (non-hydrogen) atoms. The molecule has 1 atom stereocenters. The van der Waals surface area contributed by atoms with E-state index in [0.29, 0.717) is 28.6 Å². The van der Waals surface area contributed by atoms with Crippen LogP contribution in [0.4, 0.5) is 11.4 Å². The van der Waals surface area contributed by atoms with Gasteiger partial charge in [0.1, 0.15) is 11.5 Å². The Morgan fingerprint density at radius 2 is 1.94 bits per heavy atom. The number of anilines is 2. The number of nitrogens with one attached hydrogen (secondary N) is 2. The van der Waals surface area contributed by atoms with Gasteiger partial charge in [0.2, 0.25) is 11.8 Å². The van der Waals surface area contributed by atoms with E-state index >= 15 is 0 Å². The van der Waals surface area contributed by atoms with E-state index < -0.39 is 21.5 Å². The Labute approximate surface area is 195 Å². The molecule has 8 nitrogen and oxygen atoms in total. The molecule has 1 unspecified atom stereocenters. The molecule has 2 aromatic carbocycles. The second kappa shape index (κ2) is 10.0. The van der Waals surface area contributed by atoms with Crippen molar-refractivity contribution in [1.82, 2.24) is 0 Å². The maximum atomic E-state index is 12.8. The molecule has 11 heteroatoms. The minimum atomic E-state index is -3.76. The summed E-state index contributed by atoms with van der Waals surface area (Å²) in [6.07, 6.45) is -0.273. The fourth-order valence-corrected chi connectivity index (χ4v) is 5.50. The molecule has 3 rings (SSSR count). The largest absolute Gasteiger partial charge is 0.495 e. The average Bonchev–Trinajstić information content (AvgIpc) is 2.90. The van der Waals surface area contributed by atoms with Gasteiger partial charge in [0.05, 0.1) is 41.3 Å². The van der Waals surface area contributed by atoms with Crippen molar-refractivity contribution in [3.63, 3.8) is 0 Å². The first-order valence-electron chi connectivity index (χ1n) is 9.66. The van der Waals surface area contributed by atoms with Crippen LogP contribution in [-0.2, 0) is 19.4 Å². The maximum Gasteiger partial charge on any atom is 0.228 e. The molecule has 1 aliphatic rings. The molecule has 0 fully saturated rings. The topological polar surface area (TPSA) is 111 Å². The van der Waals surface area contributed by atoms with E-state index in [1.807, 2.05) is 6.92 Å². The van der Waals surface area contributed by atoms with Crippen molar-refractivity contribution < 1.29 is 27.5 Å². The highest BCUT2D eigenvalue weighted by Crippen LogP contribution is 2.36. The number of halogens is 1. The lowest BCUT2D eigenvalue weighted by Crippen LogP contribution is -2.20. The van der Waals surface area contributed by atoms with E-state index in [0.717, 1.165) is 4.90 Å². The zero-order chi connectivity index (χ0) is 23.5. The fraction of sp³-hybridized carbons (Fsp3) is 0.333. The summed E-state index contributed by atoms with van der Waals surface area (Å²) in [4.78, 5) is 25.4. The number of carbonyl (C=O) groups is 2. The van der Waals surface area contributed by atoms with Gasteiger partial charge in [-0.25, -0.2) is 8.42 Å². The van der Waals surface area contributed by atoms with Crippen molar-refractivity contribution in [2.75, 3.05) is 36.4 Å². The molecule has 0 radical (unpaired) electrons. The van der Waals surface area contributed by atoms with E-state index in [1.165, 1.54) is 50.2 Å². The highest BCUT2D eigenvalue weighted by molar-refractivity contribution is 7.99. The van der Waals surface area contributed by atoms with Gasteiger partial charge in [0.15, 0.2) is 9.84 Å². The summed E-state index contributed by atoms with van der Waals surface area (Å²) in [5, 5.41) is 5.66. The molecule has 0 bridgehead atoms. The minimum Gasteiger partial charge on any atom is -0.495 e. The summed E-state index contributed by atoms with van der Waals surface area (Å²) in [5.41, 5.74) is 0.770. The lowest BCUT2D eigenvalue weighted by Gasteiger charge is -2.13. The Morgan fingerprint density at radius 1 is 1.22 bits per heavy atom. The summed E-state index contributed by atoms with van der Waals surface area (Å²) in [5.74, 6) is 0.0747. The van der Waals surface area contributed by atoms with Crippen LogP contribution >= 0.6 is 23.4 Å². The highest BCUT2D eigenvalue weighted by atomic mass is 35.5. The van der Waals surface area contributed by atoms with E-state index in [9.17, 15) is 18.0 Å².